The number of ketones is 1. The molecule has 1 aliphatic carbocycles. The smallest absolute Gasteiger partial charge is 0.309 e. The van der Waals surface area contributed by atoms with E-state index < -0.39 is 0 Å². The van der Waals surface area contributed by atoms with E-state index in [-0.39, 0.29) is 23.6 Å². The lowest BCUT2D eigenvalue weighted by Gasteiger charge is -2.04. The molecule has 3 nitrogen and oxygen atoms in total. The topological polar surface area (TPSA) is 43.4 Å². The molecule has 0 bridgehead atoms. The summed E-state index contributed by atoms with van der Waals surface area (Å²) in [6.45, 7) is 0.301. The molecule has 2 aromatic carbocycles. The minimum atomic E-state index is -0.185. The van der Waals surface area contributed by atoms with Gasteiger partial charge in [-0.05, 0) is 17.9 Å². The summed E-state index contributed by atoms with van der Waals surface area (Å²) in [6, 6.07) is 18.8. The van der Waals surface area contributed by atoms with E-state index in [1.165, 1.54) is 0 Å². The number of Topliss-reactive ketones (excluding diaryl/α,β-unsaturated/α-hetero) is 1. The van der Waals surface area contributed by atoms with Gasteiger partial charge in [-0.1, -0.05) is 60.7 Å². The Morgan fingerprint density at radius 1 is 0.955 bits per heavy atom. The van der Waals surface area contributed by atoms with E-state index in [2.05, 4.69) is 0 Å². The van der Waals surface area contributed by atoms with Gasteiger partial charge in [0.15, 0.2) is 5.78 Å². The fourth-order valence-electron chi connectivity index (χ4n) is 2.58. The van der Waals surface area contributed by atoms with E-state index in [1.54, 1.807) is 0 Å². The SMILES string of the molecule is O=C(C[C@@H]1C[C@@H]1C(=O)OCc1ccccc1)c1ccccc1. The molecule has 3 heteroatoms. The molecule has 0 amide bonds. The van der Waals surface area contributed by atoms with Crippen LogP contribution in [0.2, 0.25) is 0 Å². The van der Waals surface area contributed by atoms with Crippen LogP contribution in [-0.2, 0) is 16.1 Å². The predicted molar refractivity (Wildman–Crippen MR) is 83.2 cm³/mol. The van der Waals surface area contributed by atoms with Crippen molar-refractivity contribution in [3.63, 3.8) is 0 Å². The van der Waals surface area contributed by atoms with Crippen molar-refractivity contribution < 1.29 is 14.3 Å². The lowest BCUT2D eigenvalue weighted by Crippen LogP contribution is -2.09. The minimum absolute atomic E-state index is 0.101. The maximum absolute atomic E-state index is 12.1. The van der Waals surface area contributed by atoms with Crippen LogP contribution >= 0.6 is 0 Å². The number of carbonyl (C=O) groups is 2. The number of hydrogen-bond donors (Lipinski definition) is 0. The van der Waals surface area contributed by atoms with Crippen LogP contribution in [0, 0.1) is 11.8 Å². The van der Waals surface area contributed by atoms with Gasteiger partial charge in [-0.2, -0.15) is 0 Å². The summed E-state index contributed by atoms with van der Waals surface area (Å²) in [4.78, 5) is 24.1. The molecule has 2 atom stereocenters. The maximum Gasteiger partial charge on any atom is 0.309 e. The summed E-state index contributed by atoms with van der Waals surface area (Å²) >= 11 is 0. The maximum atomic E-state index is 12.1. The van der Waals surface area contributed by atoms with Gasteiger partial charge in [0.2, 0.25) is 0 Å². The number of carbonyl (C=O) groups excluding carboxylic acids is 2. The van der Waals surface area contributed by atoms with Crippen molar-refractivity contribution in [3.05, 3.63) is 71.8 Å². The number of rotatable bonds is 6. The summed E-state index contributed by atoms with van der Waals surface area (Å²) in [5, 5.41) is 0. The number of esters is 1. The molecule has 0 N–H and O–H groups in total. The normalized spacial score (nSPS) is 19.5. The van der Waals surface area contributed by atoms with Crippen LogP contribution in [0.25, 0.3) is 0 Å². The third kappa shape index (κ3) is 3.61. The first-order valence-corrected chi connectivity index (χ1v) is 7.53. The van der Waals surface area contributed by atoms with Crippen molar-refractivity contribution in [1.29, 1.82) is 0 Å². The molecule has 0 saturated heterocycles. The van der Waals surface area contributed by atoms with E-state index in [9.17, 15) is 9.59 Å². The van der Waals surface area contributed by atoms with Crippen molar-refractivity contribution in [2.75, 3.05) is 0 Å². The standard InChI is InChI=1S/C19H18O3/c20-18(15-9-5-2-6-10-15)12-16-11-17(16)19(21)22-13-14-7-3-1-4-8-14/h1-10,16-17H,11-13H2/t16-,17-/m0/s1. The second kappa shape index (κ2) is 6.56. The van der Waals surface area contributed by atoms with Crippen LogP contribution < -0.4 is 0 Å². The number of hydrogen-bond acceptors (Lipinski definition) is 3. The molecule has 0 spiro atoms. The highest BCUT2D eigenvalue weighted by atomic mass is 16.5. The Morgan fingerprint density at radius 3 is 2.27 bits per heavy atom. The molecule has 1 fully saturated rings. The molecule has 0 heterocycles. The number of ether oxygens (including phenoxy) is 1. The van der Waals surface area contributed by atoms with Gasteiger partial charge in [0, 0.05) is 12.0 Å². The molecule has 3 rings (SSSR count). The van der Waals surface area contributed by atoms with Gasteiger partial charge < -0.3 is 4.74 Å². The summed E-state index contributed by atoms with van der Waals surface area (Å²) in [7, 11) is 0. The Bertz CT molecular complexity index is 649. The first-order valence-electron chi connectivity index (χ1n) is 7.53. The molecule has 0 aliphatic heterocycles. The van der Waals surface area contributed by atoms with E-state index >= 15 is 0 Å². The second-order valence-electron chi connectivity index (χ2n) is 5.69. The summed E-state index contributed by atoms with van der Waals surface area (Å²) in [6.07, 6.45) is 1.18. The Kier molecular flexibility index (Phi) is 4.33. The van der Waals surface area contributed by atoms with E-state index in [1.807, 2.05) is 60.7 Å². The first-order chi connectivity index (χ1) is 10.7. The van der Waals surface area contributed by atoms with Crippen LogP contribution in [-0.4, -0.2) is 11.8 Å². The molecule has 2 aromatic rings. The Balaban J connectivity index is 1.46. The highest BCUT2D eigenvalue weighted by Gasteiger charge is 2.45. The number of benzene rings is 2. The third-order valence-corrected chi connectivity index (χ3v) is 3.99. The Hall–Kier alpha value is -2.42. The fraction of sp³-hybridized carbons (Fsp3) is 0.263. The van der Waals surface area contributed by atoms with Crippen LogP contribution in [0.15, 0.2) is 60.7 Å². The van der Waals surface area contributed by atoms with E-state index in [0.717, 1.165) is 12.0 Å². The largest absolute Gasteiger partial charge is 0.461 e. The van der Waals surface area contributed by atoms with E-state index in [0.29, 0.717) is 18.6 Å². The molecular formula is C19H18O3. The fourth-order valence-corrected chi connectivity index (χ4v) is 2.58. The highest BCUT2D eigenvalue weighted by molar-refractivity contribution is 5.96. The average molecular weight is 294 g/mol. The van der Waals surface area contributed by atoms with Crippen LogP contribution in [0.3, 0.4) is 0 Å². The summed E-state index contributed by atoms with van der Waals surface area (Å²) in [5.74, 6) is -0.0639. The average Bonchev–Trinajstić information content (AvgIpc) is 3.33. The minimum Gasteiger partial charge on any atom is -0.461 e. The Morgan fingerprint density at radius 2 is 1.59 bits per heavy atom. The van der Waals surface area contributed by atoms with Gasteiger partial charge in [-0.25, -0.2) is 0 Å². The quantitative estimate of drug-likeness (QED) is 0.603. The third-order valence-electron chi connectivity index (χ3n) is 3.99. The summed E-state index contributed by atoms with van der Waals surface area (Å²) in [5.41, 5.74) is 1.69. The molecule has 0 unspecified atom stereocenters. The molecule has 22 heavy (non-hydrogen) atoms. The van der Waals surface area contributed by atoms with Crippen molar-refractivity contribution >= 4 is 11.8 Å². The Labute approximate surface area is 129 Å². The molecule has 112 valence electrons. The van der Waals surface area contributed by atoms with Gasteiger partial charge in [-0.3, -0.25) is 9.59 Å². The van der Waals surface area contributed by atoms with Crippen molar-refractivity contribution in [3.8, 4) is 0 Å². The zero-order valence-electron chi connectivity index (χ0n) is 12.3. The molecule has 0 radical (unpaired) electrons. The predicted octanol–water partition coefficient (Wildman–Crippen LogP) is 3.64. The van der Waals surface area contributed by atoms with Crippen LogP contribution in [0.4, 0.5) is 0 Å². The monoisotopic (exact) mass is 294 g/mol. The van der Waals surface area contributed by atoms with Crippen LogP contribution in [0.5, 0.6) is 0 Å². The van der Waals surface area contributed by atoms with Gasteiger partial charge in [0.1, 0.15) is 6.61 Å². The zero-order chi connectivity index (χ0) is 15.4. The molecule has 0 aromatic heterocycles. The van der Waals surface area contributed by atoms with Gasteiger partial charge >= 0.3 is 5.97 Å². The van der Waals surface area contributed by atoms with Crippen molar-refractivity contribution in [1.82, 2.24) is 0 Å². The first kappa shape index (κ1) is 14.5. The van der Waals surface area contributed by atoms with Crippen LogP contribution in [0.1, 0.15) is 28.8 Å². The summed E-state index contributed by atoms with van der Waals surface area (Å²) < 4.78 is 5.32. The van der Waals surface area contributed by atoms with Crippen molar-refractivity contribution in [2.24, 2.45) is 11.8 Å². The van der Waals surface area contributed by atoms with E-state index in [4.69, 9.17) is 4.74 Å². The van der Waals surface area contributed by atoms with Gasteiger partial charge in [0.25, 0.3) is 0 Å². The van der Waals surface area contributed by atoms with Gasteiger partial charge in [-0.15, -0.1) is 0 Å². The second-order valence-corrected chi connectivity index (χ2v) is 5.69. The molecule has 1 aliphatic rings. The molecule has 1 saturated carbocycles. The van der Waals surface area contributed by atoms with Crippen molar-refractivity contribution in [2.45, 2.75) is 19.4 Å². The lowest BCUT2D eigenvalue weighted by atomic mass is 10.1. The lowest BCUT2D eigenvalue weighted by molar-refractivity contribution is -0.146. The van der Waals surface area contributed by atoms with Gasteiger partial charge in [0.05, 0.1) is 5.92 Å². The molecular weight excluding hydrogens is 276 g/mol. The highest BCUT2D eigenvalue weighted by Crippen LogP contribution is 2.42. The zero-order valence-corrected chi connectivity index (χ0v) is 12.3.